The highest BCUT2D eigenvalue weighted by molar-refractivity contribution is 6.43. The smallest absolute Gasteiger partial charge is 0.326 e. The maximum absolute atomic E-state index is 12.6. The number of ether oxygens (including phenoxy) is 3. The number of hydrogen-bond acceptors (Lipinski definition) is 6. The molecule has 0 aliphatic rings. The Morgan fingerprint density at radius 3 is 1.88 bits per heavy atom. The Morgan fingerprint density at radius 2 is 1.54 bits per heavy atom. The summed E-state index contributed by atoms with van der Waals surface area (Å²) in [6, 6.07) is 1.62. The van der Waals surface area contributed by atoms with Crippen LogP contribution in [0.15, 0.2) is 12.1 Å². The first-order valence-corrected chi connectivity index (χ1v) is 8.02. The summed E-state index contributed by atoms with van der Waals surface area (Å²) in [4.78, 5) is 37.5. The number of Topliss-reactive ketones (excluding diaryl/α,β-unsaturated/α-hetero) is 1. The first kappa shape index (κ1) is 21.3. The van der Waals surface area contributed by atoms with Crippen LogP contribution in [0.25, 0.3) is 0 Å². The van der Waals surface area contributed by atoms with Crippen LogP contribution in [0.1, 0.15) is 30.6 Å². The normalized spacial score (nSPS) is 11.7. The lowest BCUT2D eigenvalue weighted by molar-refractivity contribution is -0.148. The number of amides is 1. The molecular weight excluding hydrogens is 342 g/mol. The van der Waals surface area contributed by atoms with E-state index in [1.165, 1.54) is 40.5 Å². The molecule has 0 heterocycles. The molecule has 8 nitrogen and oxygen atoms in total. The van der Waals surface area contributed by atoms with E-state index in [1.54, 1.807) is 0 Å². The van der Waals surface area contributed by atoms with E-state index in [4.69, 9.17) is 14.2 Å². The van der Waals surface area contributed by atoms with Crippen LogP contribution < -0.4 is 14.2 Å². The first-order valence-electron chi connectivity index (χ1n) is 8.02. The van der Waals surface area contributed by atoms with Gasteiger partial charge in [-0.3, -0.25) is 9.59 Å². The van der Waals surface area contributed by atoms with Gasteiger partial charge in [0.2, 0.25) is 5.75 Å². The van der Waals surface area contributed by atoms with Crippen molar-refractivity contribution in [2.45, 2.75) is 26.3 Å². The number of methoxy groups -OCH3 is 3. The Labute approximate surface area is 152 Å². The van der Waals surface area contributed by atoms with Gasteiger partial charge in [-0.05, 0) is 24.5 Å². The van der Waals surface area contributed by atoms with Crippen LogP contribution in [0.5, 0.6) is 17.2 Å². The lowest BCUT2D eigenvalue weighted by Crippen LogP contribution is -2.46. The van der Waals surface area contributed by atoms with Crippen LogP contribution >= 0.6 is 0 Å². The average molecular weight is 367 g/mol. The van der Waals surface area contributed by atoms with Crippen molar-refractivity contribution >= 4 is 17.7 Å². The minimum Gasteiger partial charge on any atom is -0.493 e. The highest BCUT2D eigenvalue weighted by Crippen LogP contribution is 2.38. The van der Waals surface area contributed by atoms with E-state index in [2.05, 4.69) is 0 Å². The van der Waals surface area contributed by atoms with Gasteiger partial charge in [0.1, 0.15) is 6.04 Å². The van der Waals surface area contributed by atoms with E-state index in [0.717, 1.165) is 4.90 Å². The summed E-state index contributed by atoms with van der Waals surface area (Å²) >= 11 is 0. The molecular formula is C18H25NO7. The van der Waals surface area contributed by atoms with Gasteiger partial charge in [0.25, 0.3) is 11.7 Å². The number of carboxylic acids is 1. The van der Waals surface area contributed by atoms with Crippen LogP contribution in [0.4, 0.5) is 0 Å². The second-order valence-electron chi connectivity index (χ2n) is 6.14. The maximum atomic E-state index is 12.6. The zero-order valence-corrected chi connectivity index (χ0v) is 15.9. The van der Waals surface area contributed by atoms with Crippen molar-refractivity contribution in [3.63, 3.8) is 0 Å². The fourth-order valence-corrected chi connectivity index (χ4v) is 2.51. The summed E-state index contributed by atoms with van der Waals surface area (Å²) in [7, 11) is 5.51. The number of carbonyl (C=O) groups excluding carboxylic acids is 2. The lowest BCUT2D eigenvalue weighted by Gasteiger charge is -2.25. The van der Waals surface area contributed by atoms with E-state index >= 15 is 0 Å². The molecule has 0 saturated heterocycles. The summed E-state index contributed by atoms with van der Waals surface area (Å²) in [5.74, 6) is -2.16. The Balaban J connectivity index is 3.22. The summed E-state index contributed by atoms with van der Waals surface area (Å²) in [6.45, 7) is 3.69. The quantitative estimate of drug-likeness (QED) is 0.525. The molecule has 144 valence electrons. The predicted octanol–water partition coefficient (Wildman–Crippen LogP) is 1.85. The van der Waals surface area contributed by atoms with Gasteiger partial charge in [0.15, 0.2) is 11.5 Å². The molecule has 1 N–H and O–H groups in total. The van der Waals surface area contributed by atoms with E-state index in [9.17, 15) is 19.5 Å². The number of aliphatic carboxylic acids is 1. The molecule has 0 spiro atoms. The van der Waals surface area contributed by atoms with E-state index in [1.807, 2.05) is 13.8 Å². The van der Waals surface area contributed by atoms with E-state index in [0.29, 0.717) is 0 Å². The van der Waals surface area contributed by atoms with Crippen molar-refractivity contribution in [1.29, 1.82) is 0 Å². The number of likely N-dealkylation sites (N-methyl/N-ethyl adjacent to an activating group) is 1. The van der Waals surface area contributed by atoms with Gasteiger partial charge >= 0.3 is 5.97 Å². The minimum absolute atomic E-state index is 0.0186. The maximum Gasteiger partial charge on any atom is 0.326 e. The fraction of sp³-hybridized carbons (Fsp3) is 0.500. The standard InChI is InChI=1S/C18H25NO7/c1-10(2)7-12(18(22)23)19(3)17(21)15(20)11-8-13(24-4)16(26-6)14(9-11)25-5/h8-10,12H,7H2,1-6H3,(H,22,23). The third-order valence-corrected chi connectivity index (χ3v) is 3.89. The predicted molar refractivity (Wildman–Crippen MR) is 94.1 cm³/mol. The number of ketones is 1. The molecule has 8 heteroatoms. The average Bonchev–Trinajstić information content (AvgIpc) is 2.62. The molecule has 1 aromatic rings. The zero-order valence-electron chi connectivity index (χ0n) is 15.9. The van der Waals surface area contributed by atoms with Gasteiger partial charge in [0, 0.05) is 12.6 Å². The van der Waals surface area contributed by atoms with Crippen molar-refractivity contribution in [1.82, 2.24) is 4.90 Å². The number of carboxylic acid groups (broad SMARTS) is 1. The number of hydrogen-bond donors (Lipinski definition) is 1. The van der Waals surface area contributed by atoms with Crippen molar-refractivity contribution in [2.24, 2.45) is 5.92 Å². The molecule has 0 saturated carbocycles. The first-order chi connectivity index (χ1) is 12.2. The molecule has 1 rings (SSSR count). The van der Waals surface area contributed by atoms with Crippen LogP contribution in [-0.4, -0.2) is 62.1 Å². The van der Waals surface area contributed by atoms with Crippen molar-refractivity contribution in [2.75, 3.05) is 28.4 Å². The van der Waals surface area contributed by atoms with Gasteiger partial charge in [0.05, 0.1) is 21.3 Å². The van der Waals surface area contributed by atoms with Gasteiger partial charge in [-0.15, -0.1) is 0 Å². The lowest BCUT2D eigenvalue weighted by atomic mass is 10.0. The fourth-order valence-electron chi connectivity index (χ4n) is 2.51. The zero-order chi connectivity index (χ0) is 20.0. The Hall–Kier alpha value is -2.77. The third-order valence-electron chi connectivity index (χ3n) is 3.89. The molecule has 1 unspecified atom stereocenters. The monoisotopic (exact) mass is 367 g/mol. The molecule has 1 amide bonds. The molecule has 0 aromatic heterocycles. The highest BCUT2D eigenvalue weighted by atomic mass is 16.5. The number of nitrogens with zero attached hydrogens (tertiary/aromatic N) is 1. The van der Waals surface area contributed by atoms with Gasteiger partial charge in [-0.2, -0.15) is 0 Å². The number of rotatable bonds is 9. The van der Waals surface area contributed by atoms with Crippen molar-refractivity contribution in [3.05, 3.63) is 17.7 Å². The van der Waals surface area contributed by atoms with Gasteiger partial charge in [-0.1, -0.05) is 13.8 Å². The highest BCUT2D eigenvalue weighted by Gasteiger charge is 2.32. The summed E-state index contributed by atoms with van der Waals surface area (Å²) in [5.41, 5.74) is 0.0186. The topological polar surface area (TPSA) is 102 Å². The van der Waals surface area contributed by atoms with Crippen LogP contribution in [0, 0.1) is 5.92 Å². The molecule has 0 bridgehead atoms. The molecule has 26 heavy (non-hydrogen) atoms. The SMILES string of the molecule is COc1cc(C(=O)C(=O)N(C)C(CC(C)C)C(=O)O)cc(OC)c1OC. The number of benzene rings is 1. The molecule has 0 radical (unpaired) electrons. The van der Waals surface area contributed by atoms with Crippen molar-refractivity contribution < 1.29 is 33.7 Å². The number of carbonyl (C=O) groups is 3. The van der Waals surface area contributed by atoms with Crippen LogP contribution in [0.3, 0.4) is 0 Å². The second kappa shape index (κ2) is 9.07. The Kier molecular flexibility index (Phi) is 7.42. The second-order valence-corrected chi connectivity index (χ2v) is 6.14. The van der Waals surface area contributed by atoms with Gasteiger partial charge in [-0.25, -0.2) is 4.79 Å². The molecule has 1 atom stereocenters. The summed E-state index contributed by atoms with van der Waals surface area (Å²) in [5, 5.41) is 9.36. The van der Waals surface area contributed by atoms with E-state index < -0.39 is 23.7 Å². The summed E-state index contributed by atoms with van der Waals surface area (Å²) < 4.78 is 15.5. The van der Waals surface area contributed by atoms with Gasteiger partial charge < -0.3 is 24.2 Å². The largest absolute Gasteiger partial charge is 0.493 e. The molecule has 0 aliphatic heterocycles. The van der Waals surface area contributed by atoms with E-state index in [-0.39, 0.29) is 35.2 Å². The minimum atomic E-state index is -1.16. The Morgan fingerprint density at radius 1 is 1.04 bits per heavy atom. The van der Waals surface area contributed by atoms with Crippen LogP contribution in [-0.2, 0) is 9.59 Å². The Bertz CT molecular complexity index is 659. The van der Waals surface area contributed by atoms with Crippen molar-refractivity contribution in [3.8, 4) is 17.2 Å². The molecule has 0 aliphatic carbocycles. The third kappa shape index (κ3) is 4.65. The molecule has 1 aromatic carbocycles. The summed E-state index contributed by atoms with van der Waals surface area (Å²) in [6.07, 6.45) is 0.236. The van der Waals surface area contributed by atoms with Crippen LogP contribution in [0.2, 0.25) is 0 Å². The molecule has 0 fully saturated rings.